The van der Waals surface area contributed by atoms with Crippen LogP contribution < -0.4 is 5.32 Å². The van der Waals surface area contributed by atoms with Crippen molar-refractivity contribution in [3.05, 3.63) is 52.0 Å². The molecule has 2 aromatic rings. The number of nitrogens with zero attached hydrogens (tertiary/aromatic N) is 1. The number of aromatic hydroxyl groups is 2. The molecule has 3 N–H and O–H groups in total. The summed E-state index contributed by atoms with van der Waals surface area (Å²) in [5.41, 5.74) is 0.535. The van der Waals surface area contributed by atoms with Crippen LogP contribution in [0.4, 0.5) is 5.69 Å². The summed E-state index contributed by atoms with van der Waals surface area (Å²) in [7, 11) is 0. The molecule has 5 nitrogen and oxygen atoms in total. The number of nitrogens with one attached hydrogen (secondary N) is 1. The van der Waals surface area contributed by atoms with Crippen molar-refractivity contribution in [3.63, 3.8) is 0 Å². The van der Waals surface area contributed by atoms with Crippen molar-refractivity contribution in [1.29, 1.82) is 5.26 Å². The molecule has 0 saturated heterocycles. The van der Waals surface area contributed by atoms with Gasteiger partial charge < -0.3 is 15.5 Å². The number of para-hydroxylation sites is 1. The predicted octanol–water partition coefficient (Wildman–Crippen LogP) is 2.98. The van der Waals surface area contributed by atoms with Gasteiger partial charge in [-0.25, -0.2) is 0 Å². The quantitative estimate of drug-likeness (QED) is 0.737. The number of anilines is 1. The van der Waals surface area contributed by atoms with Crippen molar-refractivity contribution in [2.45, 2.75) is 0 Å². The van der Waals surface area contributed by atoms with Gasteiger partial charge in [0.1, 0.15) is 6.07 Å². The highest BCUT2D eigenvalue weighted by Crippen LogP contribution is 2.29. The molecule has 0 bridgehead atoms. The summed E-state index contributed by atoms with van der Waals surface area (Å²) in [5.74, 6) is -1.49. The van der Waals surface area contributed by atoms with Gasteiger partial charge in [0.2, 0.25) is 0 Å². The molecule has 0 radical (unpaired) electrons. The molecule has 0 spiro atoms. The second-order valence-corrected chi connectivity index (χ2v) is 4.84. The van der Waals surface area contributed by atoms with Crippen molar-refractivity contribution in [2.75, 3.05) is 5.32 Å². The number of hydrogen-bond donors (Lipinski definition) is 3. The van der Waals surface area contributed by atoms with Crippen LogP contribution in [-0.2, 0) is 0 Å². The largest absolute Gasteiger partial charge is 0.504 e. The lowest BCUT2D eigenvalue weighted by Gasteiger charge is -2.09. The Kier molecular flexibility index (Phi) is 3.91. The minimum absolute atomic E-state index is 0.0724. The minimum atomic E-state index is -0.614. The zero-order valence-corrected chi connectivity index (χ0v) is 11.7. The van der Waals surface area contributed by atoms with Crippen molar-refractivity contribution in [1.82, 2.24) is 0 Å². The summed E-state index contributed by atoms with van der Waals surface area (Å²) < 4.78 is 0.715. The molecule has 0 heterocycles. The summed E-state index contributed by atoms with van der Waals surface area (Å²) in [5, 5.41) is 30.5. The van der Waals surface area contributed by atoms with Gasteiger partial charge in [0, 0.05) is 4.47 Å². The monoisotopic (exact) mass is 332 g/mol. The molecule has 0 aromatic heterocycles. The SMILES string of the molecule is N#Cc1cc(Br)ccc1NC(=O)c1cccc(O)c1O. The van der Waals surface area contributed by atoms with Gasteiger partial charge in [0.15, 0.2) is 11.5 Å². The van der Waals surface area contributed by atoms with Crippen molar-refractivity contribution in [3.8, 4) is 17.6 Å². The van der Waals surface area contributed by atoms with Crippen molar-refractivity contribution >= 4 is 27.5 Å². The molecule has 6 heteroatoms. The topological polar surface area (TPSA) is 93.4 Å². The normalized spacial score (nSPS) is 9.80. The van der Waals surface area contributed by atoms with Crippen LogP contribution in [0.2, 0.25) is 0 Å². The lowest BCUT2D eigenvalue weighted by atomic mass is 10.1. The Labute approximate surface area is 123 Å². The van der Waals surface area contributed by atoms with Crippen LogP contribution in [-0.4, -0.2) is 16.1 Å². The molecule has 0 aliphatic rings. The molecule has 0 fully saturated rings. The third-order valence-electron chi connectivity index (χ3n) is 2.61. The van der Waals surface area contributed by atoms with Crippen molar-refractivity contribution in [2.24, 2.45) is 0 Å². The number of halogens is 1. The van der Waals surface area contributed by atoms with Gasteiger partial charge in [-0.05, 0) is 30.3 Å². The molecule has 100 valence electrons. The van der Waals surface area contributed by atoms with E-state index in [-0.39, 0.29) is 16.9 Å². The van der Waals surface area contributed by atoms with E-state index in [1.165, 1.54) is 18.2 Å². The number of amides is 1. The molecule has 2 rings (SSSR count). The van der Waals surface area contributed by atoms with Gasteiger partial charge in [-0.15, -0.1) is 0 Å². The van der Waals surface area contributed by atoms with Crippen LogP contribution in [0, 0.1) is 11.3 Å². The van der Waals surface area contributed by atoms with Gasteiger partial charge in [-0.2, -0.15) is 5.26 Å². The number of hydrogen-bond acceptors (Lipinski definition) is 4. The first kappa shape index (κ1) is 13.9. The minimum Gasteiger partial charge on any atom is -0.504 e. The molecule has 0 aliphatic heterocycles. The van der Waals surface area contributed by atoms with Gasteiger partial charge in [0.25, 0.3) is 5.91 Å². The first-order valence-electron chi connectivity index (χ1n) is 5.55. The number of rotatable bonds is 2. The predicted molar refractivity (Wildman–Crippen MR) is 76.6 cm³/mol. The Hall–Kier alpha value is -2.52. The molecule has 20 heavy (non-hydrogen) atoms. The smallest absolute Gasteiger partial charge is 0.259 e. The van der Waals surface area contributed by atoms with Crippen LogP contribution >= 0.6 is 15.9 Å². The third kappa shape index (κ3) is 2.73. The van der Waals surface area contributed by atoms with Crippen LogP contribution in [0.3, 0.4) is 0 Å². The summed E-state index contributed by atoms with van der Waals surface area (Å²) in [6, 6.07) is 10.9. The molecule has 0 aliphatic carbocycles. The van der Waals surface area contributed by atoms with Gasteiger partial charge in [-0.1, -0.05) is 22.0 Å². The zero-order chi connectivity index (χ0) is 14.7. The number of phenolic OH excluding ortho intramolecular Hbond substituents is 2. The Bertz CT molecular complexity index is 723. The maximum atomic E-state index is 12.0. The van der Waals surface area contributed by atoms with E-state index in [1.807, 2.05) is 6.07 Å². The summed E-state index contributed by atoms with van der Waals surface area (Å²) in [6.45, 7) is 0. The summed E-state index contributed by atoms with van der Waals surface area (Å²) >= 11 is 3.23. The van der Waals surface area contributed by atoms with E-state index in [1.54, 1.807) is 18.2 Å². The fraction of sp³-hybridized carbons (Fsp3) is 0. The highest BCUT2D eigenvalue weighted by Gasteiger charge is 2.15. The zero-order valence-electron chi connectivity index (χ0n) is 10.1. The van der Waals surface area contributed by atoms with E-state index < -0.39 is 11.7 Å². The van der Waals surface area contributed by atoms with Gasteiger partial charge >= 0.3 is 0 Å². The van der Waals surface area contributed by atoms with E-state index >= 15 is 0 Å². The average molecular weight is 333 g/mol. The van der Waals surface area contributed by atoms with E-state index in [9.17, 15) is 15.0 Å². The Morgan fingerprint density at radius 1 is 1.25 bits per heavy atom. The lowest BCUT2D eigenvalue weighted by molar-refractivity contribution is 0.102. The number of phenols is 2. The van der Waals surface area contributed by atoms with Crippen LogP contribution in [0.1, 0.15) is 15.9 Å². The van der Waals surface area contributed by atoms with Gasteiger partial charge in [0.05, 0.1) is 16.8 Å². The van der Waals surface area contributed by atoms with Crippen LogP contribution in [0.25, 0.3) is 0 Å². The molecule has 2 aromatic carbocycles. The van der Waals surface area contributed by atoms with Crippen LogP contribution in [0.5, 0.6) is 11.5 Å². The number of benzene rings is 2. The molecule has 0 saturated carbocycles. The van der Waals surface area contributed by atoms with Crippen molar-refractivity contribution < 1.29 is 15.0 Å². The molecule has 0 atom stereocenters. The standard InChI is InChI=1S/C14H9BrN2O3/c15-9-4-5-11(8(6-9)7-16)17-14(20)10-2-1-3-12(18)13(10)19/h1-6,18-19H,(H,17,20). The molecular weight excluding hydrogens is 324 g/mol. The molecule has 0 unspecified atom stereocenters. The molecule has 1 amide bonds. The number of carbonyl (C=O) groups excluding carboxylic acids is 1. The summed E-state index contributed by atoms with van der Waals surface area (Å²) in [6.07, 6.45) is 0. The first-order valence-corrected chi connectivity index (χ1v) is 6.34. The maximum Gasteiger partial charge on any atom is 0.259 e. The fourth-order valence-corrected chi connectivity index (χ4v) is 1.98. The highest BCUT2D eigenvalue weighted by atomic mass is 79.9. The molecular formula is C14H9BrN2O3. The van der Waals surface area contributed by atoms with E-state index in [2.05, 4.69) is 21.2 Å². The number of carbonyl (C=O) groups is 1. The second kappa shape index (κ2) is 5.63. The number of nitriles is 1. The Balaban J connectivity index is 2.33. The third-order valence-corrected chi connectivity index (χ3v) is 3.10. The van der Waals surface area contributed by atoms with E-state index in [0.717, 1.165) is 0 Å². The fourth-order valence-electron chi connectivity index (χ4n) is 1.62. The van der Waals surface area contributed by atoms with E-state index in [4.69, 9.17) is 5.26 Å². The first-order chi connectivity index (χ1) is 9.52. The summed E-state index contributed by atoms with van der Waals surface area (Å²) in [4.78, 5) is 12.0. The highest BCUT2D eigenvalue weighted by molar-refractivity contribution is 9.10. The Morgan fingerprint density at radius 3 is 2.70 bits per heavy atom. The average Bonchev–Trinajstić information content (AvgIpc) is 2.43. The maximum absolute atomic E-state index is 12.0. The van der Waals surface area contributed by atoms with Crippen LogP contribution in [0.15, 0.2) is 40.9 Å². The van der Waals surface area contributed by atoms with E-state index in [0.29, 0.717) is 10.2 Å². The Morgan fingerprint density at radius 2 is 2.00 bits per heavy atom. The van der Waals surface area contributed by atoms with Gasteiger partial charge in [-0.3, -0.25) is 4.79 Å². The second-order valence-electron chi connectivity index (χ2n) is 3.93. The lowest BCUT2D eigenvalue weighted by Crippen LogP contribution is -2.13.